The summed E-state index contributed by atoms with van der Waals surface area (Å²) < 4.78 is 6.56. The van der Waals surface area contributed by atoms with Gasteiger partial charge in [0.25, 0.3) is 17.7 Å². The number of carbonyl (C=O) groups is 3. The lowest BCUT2D eigenvalue weighted by atomic mass is 10.1. The third-order valence-electron chi connectivity index (χ3n) is 3.97. The minimum absolute atomic E-state index is 0.0198. The molecule has 4 rings (SSSR count). The molecule has 136 valence electrons. The Hall–Kier alpha value is -3.95. The van der Waals surface area contributed by atoms with Crippen molar-refractivity contribution in [2.45, 2.75) is 6.54 Å². The van der Waals surface area contributed by atoms with Crippen molar-refractivity contribution >= 4 is 29.1 Å². The van der Waals surface area contributed by atoms with Crippen molar-refractivity contribution in [1.29, 1.82) is 0 Å². The first-order valence-corrected chi connectivity index (χ1v) is 7.99. The van der Waals surface area contributed by atoms with Crippen molar-refractivity contribution in [2.75, 3.05) is 11.9 Å². The predicted molar refractivity (Wildman–Crippen MR) is 93.2 cm³/mol. The zero-order valence-electron chi connectivity index (χ0n) is 13.9. The number of anilines is 1. The second-order valence-corrected chi connectivity index (χ2v) is 5.84. The number of benzene rings is 1. The van der Waals surface area contributed by atoms with Crippen molar-refractivity contribution in [3.8, 4) is 5.75 Å². The van der Waals surface area contributed by atoms with Crippen LogP contribution < -0.4 is 21.1 Å². The quantitative estimate of drug-likeness (QED) is 0.598. The number of primary amides is 1. The van der Waals surface area contributed by atoms with Crippen molar-refractivity contribution < 1.29 is 19.1 Å². The summed E-state index contributed by atoms with van der Waals surface area (Å²) >= 11 is 0. The van der Waals surface area contributed by atoms with Crippen molar-refractivity contribution in [3.63, 3.8) is 0 Å². The van der Waals surface area contributed by atoms with Crippen LogP contribution in [0.15, 0.2) is 36.5 Å². The number of nitrogens with zero attached hydrogens (tertiary/aromatic N) is 3. The zero-order valence-corrected chi connectivity index (χ0v) is 13.9. The highest BCUT2D eigenvalue weighted by atomic mass is 16.5. The van der Waals surface area contributed by atoms with Gasteiger partial charge in [-0.2, -0.15) is 5.10 Å². The number of ether oxygens (including phenoxy) is 1. The van der Waals surface area contributed by atoms with E-state index in [9.17, 15) is 14.4 Å². The molecule has 3 heterocycles. The molecule has 10 heteroatoms. The van der Waals surface area contributed by atoms with Crippen LogP contribution in [0.1, 0.15) is 26.5 Å². The SMILES string of the molecule is NC(=O)c1cc(C(=O)NCc2ccc3c(c2)NC(=O)CO3)nc2ccnn12. The third-order valence-corrected chi connectivity index (χ3v) is 3.97. The number of hydrogen-bond donors (Lipinski definition) is 3. The van der Waals surface area contributed by atoms with E-state index in [-0.39, 0.29) is 30.4 Å². The van der Waals surface area contributed by atoms with E-state index in [0.717, 1.165) is 5.56 Å². The van der Waals surface area contributed by atoms with Gasteiger partial charge in [0, 0.05) is 18.7 Å². The first-order valence-electron chi connectivity index (χ1n) is 7.99. The monoisotopic (exact) mass is 366 g/mol. The highest BCUT2D eigenvalue weighted by Crippen LogP contribution is 2.28. The molecule has 0 unspecified atom stereocenters. The predicted octanol–water partition coefficient (Wildman–Crippen LogP) is 0.0891. The van der Waals surface area contributed by atoms with Gasteiger partial charge in [-0.1, -0.05) is 6.07 Å². The number of fused-ring (bicyclic) bond motifs is 2. The lowest BCUT2D eigenvalue weighted by Gasteiger charge is -2.18. The van der Waals surface area contributed by atoms with Gasteiger partial charge < -0.3 is 21.1 Å². The maximum absolute atomic E-state index is 12.4. The van der Waals surface area contributed by atoms with Crippen molar-refractivity contribution in [2.24, 2.45) is 5.73 Å². The second kappa shape index (κ2) is 6.41. The van der Waals surface area contributed by atoms with Gasteiger partial charge in [-0.05, 0) is 17.7 Å². The van der Waals surface area contributed by atoms with Crippen LogP contribution in [0, 0.1) is 0 Å². The molecular weight excluding hydrogens is 352 g/mol. The minimum Gasteiger partial charge on any atom is -0.482 e. The van der Waals surface area contributed by atoms with Gasteiger partial charge in [-0.25, -0.2) is 9.50 Å². The second-order valence-electron chi connectivity index (χ2n) is 5.84. The van der Waals surface area contributed by atoms with E-state index in [1.54, 1.807) is 24.3 Å². The Morgan fingerprint density at radius 1 is 1.30 bits per heavy atom. The molecule has 0 bridgehead atoms. The Morgan fingerprint density at radius 3 is 2.96 bits per heavy atom. The van der Waals surface area contributed by atoms with Crippen LogP contribution in [0.4, 0.5) is 5.69 Å². The zero-order chi connectivity index (χ0) is 19.0. The lowest BCUT2D eigenvalue weighted by Crippen LogP contribution is -2.27. The van der Waals surface area contributed by atoms with E-state index >= 15 is 0 Å². The Bertz CT molecular complexity index is 1090. The van der Waals surface area contributed by atoms with Crippen molar-refractivity contribution in [3.05, 3.63) is 53.5 Å². The fraction of sp³-hybridized carbons (Fsp3) is 0.118. The molecule has 1 aromatic carbocycles. The lowest BCUT2D eigenvalue weighted by molar-refractivity contribution is -0.118. The maximum atomic E-state index is 12.4. The molecule has 0 fully saturated rings. The molecule has 3 aromatic rings. The van der Waals surface area contributed by atoms with Gasteiger partial charge in [0.15, 0.2) is 12.3 Å². The fourth-order valence-corrected chi connectivity index (χ4v) is 2.72. The normalized spacial score (nSPS) is 12.8. The summed E-state index contributed by atoms with van der Waals surface area (Å²) in [6.07, 6.45) is 1.46. The Morgan fingerprint density at radius 2 is 2.15 bits per heavy atom. The summed E-state index contributed by atoms with van der Waals surface area (Å²) in [5, 5.41) is 9.38. The first kappa shape index (κ1) is 16.5. The van der Waals surface area contributed by atoms with Crippen LogP contribution in [0.5, 0.6) is 5.75 Å². The van der Waals surface area contributed by atoms with Gasteiger partial charge in [0.1, 0.15) is 17.1 Å². The first-order chi connectivity index (χ1) is 13.0. The molecule has 3 amide bonds. The summed E-state index contributed by atoms with van der Waals surface area (Å²) in [6.45, 7) is 0.175. The Balaban J connectivity index is 1.53. The Kier molecular flexibility index (Phi) is 3.92. The smallest absolute Gasteiger partial charge is 0.270 e. The third kappa shape index (κ3) is 3.15. The van der Waals surface area contributed by atoms with E-state index in [1.165, 1.54) is 16.8 Å². The molecule has 10 nitrogen and oxygen atoms in total. The topological polar surface area (TPSA) is 141 Å². The van der Waals surface area contributed by atoms with Gasteiger partial charge in [-0.15, -0.1) is 0 Å². The summed E-state index contributed by atoms with van der Waals surface area (Å²) in [5.74, 6) is -0.852. The molecule has 0 aliphatic carbocycles. The average molecular weight is 366 g/mol. The summed E-state index contributed by atoms with van der Waals surface area (Å²) in [6, 6.07) is 8.07. The molecule has 0 saturated heterocycles. The molecule has 2 aromatic heterocycles. The number of nitrogens with one attached hydrogen (secondary N) is 2. The van der Waals surface area contributed by atoms with Gasteiger partial charge in [0.05, 0.1) is 11.9 Å². The van der Waals surface area contributed by atoms with Crippen LogP contribution in [0.3, 0.4) is 0 Å². The van der Waals surface area contributed by atoms with Crippen LogP contribution in [-0.2, 0) is 11.3 Å². The average Bonchev–Trinajstić information content (AvgIpc) is 3.13. The van der Waals surface area contributed by atoms with Crippen molar-refractivity contribution in [1.82, 2.24) is 19.9 Å². The molecule has 1 aliphatic heterocycles. The summed E-state index contributed by atoms with van der Waals surface area (Å²) in [7, 11) is 0. The van der Waals surface area contributed by atoms with Crippen LogP contribution in [-0.4, -0.2) is 38.9 Å². The molecular formula is C17H14N6O4. The minimum atomic E-state index is -0.717. The van der Waals surface area contributed by atoms with E-state index in [2.05, 4.69) is 20.7 Å². The van der Waals surface area contributed by atoms with Gasteiger partial charge in [-0.3, -0.25) is 14.4 Å². The van der Waals surface area contributed by atoms with E-state index < -0.39 is 11.8 Å². The van der Waals surface area contributed by atoms with Crippen LogP contribution in [0.25, 0.3) is 5.65 Å². The summed E-state index contributed by atoms with van der Waals surface area (Å²) in [5.41, 5.74) is 7.09. The van der Waals surface area contributed by atoms with Gasteiger partial charge >= 0.3 is 0 Å². The highest BCUT2D eigenvalue weighted by molar-refractivity contribution is 5.98. The number of hydrogen-bond acceptors (Lipinski definition) is 6. The molecule has 0 radical (unpaired) electrons. The standard InChI is InChI=1S/C17H14N6O4/c18-16(25)12-6-11(21-14-3-4-20-23(12)14)17(26)19-7-9-1-2-13-10(5-9)22-15(24)8-27-13/h1-6H,7-8H2,(H2,18,25)(H,19,26)(H,22,24). The molecule has 1 aliphatic rings. The Labute approximate surface area is 152 Å². The largest absolute Gasteiger partial charge is 0.482 e. The van der Waals surface area contributed by atoms with Gasteiger partial charge in [0.2, 0.25) is 0 Å². The van der Waals surface area contributed by atoms with E-state index in [0.29, 0.717) is 17.1 Å². The number of nitrogens with two attached hydrogens (primary N) is 1. The molecule has 0 atom stereocenters. The molecule has 0 saturated carbocycles. The van der Waals surface area contributed by atoms with E-state index in [4.69, 9.17) is 10.5 Å². The number of aromatic nitrogens is 3. The van der Waals surface area contributed by atoms with E-state index in [1.807, 2.05) is 0 Å². The number of amides is 3. The maximum Gasteiger partial charge on any atom is 0.270 e. The molecule has 4 N–H and O–H groups in total. The molecule has 27 heavy (non-hydrogen) atoms. The van der Waals surface area contributed by atoms with Crippen LogP contribution in [0.2, 0.25) is 0 Å². The van der Waals surface area contributed by atoms with Crippen LogP contribution >= 0.6 is 0 Å². The number of carbonyl (C=O) groups excluding carboxylic acids is 3. The number of rotatable bonds is 4. The highest BCUT2D eigenvalue weighted by Gasteiger charge is 2.18. The molecule has 0 spiro atoms. The summed E-state index contributed by atoms with van der Waals surface area (Å²) in [4.78, 5) is 39.6. The fourth-order valence-electron chi connectivity index (χ4n) is 2.72.